The molecule has 0 aliphatic carbocycles. The summed E-state index contributed by atoms with van der Waals surface area (Å²) in [5, 5.41) is 9.12. The van der Waals surface area contributed by atoms with Gasteiger partial charge < -0.3 is 14.4 Å². The third-order valence-corrected chi connectivity index (χ3v) is 4.53. The highest BCUT2D eigenvalue weighted by Gasteiger charge is 2.35. The number of carbonyl (C=O) groups excluding carboxylic acids is 1. The van der Waals surface area contributed by atoms with Gasteiger partial charge in [-0.3, -0.25) is 9.59 Å². The zero-order chi connectivity index (χ0) is 17.6. The first-order valence-electron chi connectivity index (χ1n) is 8.02. The van der Waals surface area contributed by atoms with Crippen LogP contribution in [-0.2, 0) is 9.59 Å². The first kappa shape index (κ1) is 15.4. The number of aromatic nitrogens is 1. The highest BCUT2D eigenvalue weighted by molar-refractivity contribution is 6.00. The normalized spacial score (nSPS) is 17.4. The average Bonchev–Trinajstić information content (AvgIpc) is 3.18. The largest absolute Gasteiger partial charge is 0.481 e. The van der Waals surface area contributed by atoms with Crippen molar-refractivity contribution < 1.29 is 19.1 Å². The highest BCUT2D eigenvalue weighted by Crippen LogP contribution is 2.31. The number of hydrogen-bond donors (Lipinski definition) is 1. The lowest BCUT2D eigenvalue weighted by molar-refractivity contribution is -0.141. The zero-order valence-electron chi connectivity index (χ0n) is 13.6. The van der Waals surface area contributed by atoms with Crippen LogP contribution in [0, 0.1) is 12.8 Å². The van der Waals surface area contributed by atoms with Crippen LogP contribution >= 0.6 is 0 Å². The number of aliphatic carboxylic acids is 1. The van der Waals surface area contributed by atoms with Gasteiger partial charge in [0.05, 0.1) is 5.92 Å². The summed E-state index contributed by atoms with van der Waals surface area (Å²) in [5.74, 6) is -1.27. The third-order valence-electron chi connectivity index (χ3n) is 4.53. The summed E-state index contributed by atoms with van der Waals surface area (Å²) in [7, 11) is 0. The molecule has 0 bridgehead atoms. The smallest absolute Gasteiger partial charge is 0.308 e. The predicted octanol–water partition coefficient (Wildman–Crippen LogP) is 3.24. The molecule has 1 aliphatic rings. The van der Waals surface area contributed by atoms with Crippen molar-refractivity contribution in [2.24, 2.45) is 5.92 Å². The van der Waals surface area contributed by atoms with Crippen molar-refractivity contribution in [3.05, 3.63) is 48.0 Å². The molecule has 1 amide bonds. The van der Waals surface area contributed by atoms with Crippen molar-refractivity contribution in [1.29, 1.82) is 0 Å². The van der Waals surface area contributed by atoms with Crippen LogP contribution in [0.25, 0.3) is 22.6 Å². The zero-order valence-corrected chi connectivity index (χ0v) is 13.6. The summed E-state index contributed by atoms with van der Waals surface area (Å²) in [6, 6.07) is 13.1. The minimum absolute atomic E-state index is 0.0260. The molecule has 1 aliphatic heterocycles. The van der Waals surface area contributed by atoms with E-state index in [4.69, 9.17) is 9.52 Å². The number of benzene rings is 2. The summed E-state index contributed by atoms with van der Waals surface area (Å²) in [4.78, 5) is 29.2. The number of rotatable bonds is 3. The van der Waals surface area contributed by atoms with Crippen LogP contribution in [0.15, 0.2) is 46.9 Å². The molecule has 6 heteroatoms. The van der Waals surface area contributed by atoms with Gasteiger partial charge in [0.1, 0.15) is 5.52 Å². The number of aryl methyl sites for hydroxylation is 1. The highest BCUT2D eigenvalue weighted by atomic mass is 16.4. The second-order valence-corrected chi connectivity index (χ2v) is 6.23. The number of amides is 1. The lowest BCUT2D eigenvalue weighted by Crippen LogP contribution is -2.25. The number of carboxylic acids is 1. The predicted molar refractivity (Wildman–Crippen MR) is 92.3 cm³/mol. The SMILES string of the molecule is Cc1ccccc1-c1nc2ccc(N3C[C@@H](C(=O)O)CC3=O)cc2o1. The molecule has 1 fully saturated rings. The minimum atomic E-state index is -0.946. The molecule has 3 aromatic rings. The van der Waals surface area contributed by atoms with E-state index >= 15 is 0 Å². The van der Waals surface area contributed by atoms with Crippen LogP contribution < -0.4 is 4.90 Å². The Labute approximate surface area is 143 Å². The molecule has 25 heavy (non-hydrogen) atoms. The molecule has 0 radical (unpaired) electrons. The fourth-order valence-electron chi connectivity index (χ4n) is 3.13. The van der Waals surface area contributed by atoms with Gasteiger partial charge in [0.25, 0.3) is 0 Å². The third kappa shape index (κ3) is 2.65. The topological polar surface area (TPSA) is 83.6 Å². The van der Waals surface area contributed by atoms with Crippen LogP contribution in [0.1, 0.15) is 12.0 Å². The van der Waals surface area contributed by atoms with Crippen LogP contribution in [0.4, 0.5) is 5.69 Å². The van der Waals surface area contributed by atoms with Crippen molar-refractivity contribution in [1.82, 2.24) is 4.98 Å². The number of nitrogens with zero attached hydrogens (tertiary/aromatic N) is 2. The second kappa shape index (κ2) is 5.73. The van der Waals surface area contributed by atoms with E-state index in [9.17, 15) is 9.59 Å². The maximum absolute atomic E-state index is 12.1. The second-order valence-electron chi connectivity index (χ2n) is 6.23. The molecule has 1 N–H and O–H groups in total. The first-order chi connectivity index (χ1) is 12.0. The standard InChI is InChI=1S/C19H16N2O4/c1-11-4-2-3-5-14(11)18-20-15-7-6-13(9-16(15)25-18)21-10-12(19(23)24)8-17(21)22/h2-7,9,12H,8,10H2,1H3,(H,23,24)/t12-/m0/s1. The maximum Gasteiger partial charge on any atom is 0.308 e. The van der Waals surface area contributed by atoms with E-state index in [1.54, 1.807) is 18.2 Å². The van der Waals surface area contributed by atoms with Crippen LogP contribution in [0.5, 0.6) is 0 Å². The number of anilines is 1. The molecule has 2 aromatic carbocycles. The summed E-state index contributed by atoms with van der Waals surface area (Å²) in [5.41, 5.74) is 3.89. The molecular formula is C19H16N2O4. The Morgan fingerprint density at radius 1 is 1.28 bits per heavy atom. The van der Waals surface area contributed by atoms with Gasteiger partial charge in [-0.15, -0.1) is 0 Å². The fourth-order valence-corrected chi connectivity index (χ4v) is 3.13. The van der Waals surface area contributed by atoms with Crippen molar-refractivity contribution in [2.45, 2.75) is 13.3 Å². The Balaban J connectivity index is 1.71. The van der Waals surface area contributed by atoms with E-state index in [1.165, 1.54) is 4.90 Å². The van der Waals surface area contributed by atoms with Crippen molar-refractivity contribution in [3.8, 4) is 11.5 Å². The average molecular weight is 336 g/mol. The van der Waals surface area contributed by atoms with Gasteiger partial charge in [-0.2, -0.15) is 0 Å². The molecule has 1 saturated heterocycles. The minimum Gasteiger partial charge on any atom is -0.481 e. The molecule has 6 nitrogen and oxygen atoms in total. The van der Waals surface area contributed by atoms with E-state index < -0.39 is 11.9 Å². The number of carboxylic acid groups (broad SMARTS) is 1. The van der Waals surface area contributed by atoms with Gasteiger partial charge in [0.2, 0.25) is 11.8 Å². The van der Waals surface area contributed by atoms with Crippen molar-refractivity contribution in [3.63, 3.8) is 0 Å². The maximum atomic E-state index is 12.1. The van der Waals surface area contributed by atoms with E-state index in [2.05, 4.69) is 4.98 Å². The van der Waals surface area contributed by atoms with Gasteiger partial charge in [-0.05, 0) is 30.7 Å². The lowest BCUT2D eigenvalue weighted by Gasteiger charge is -2.15. The lowest BCUT2D eigenvalue weighted by atomic mass is 10.1. The number of fused-ring (bicyclic) bond motifs is 1. The first-order valence-corrected chi connectivity index (χ1v) is 8.02. The van der Waals surface area contributed by atoms with Gasteiger partial charge >= 0.3 is 5.97 Å². The molecule has 1 atom stereocenters. The van der Waals surface area contributed by atoms with Gasteiger partial charge in [-0.1, -0.05) is 18.2 Å². The van der Waals surface area contributed by atoms with Crippen LogP contribution in [0.2, 0.25) is 0 Å². The Hall–Kier alpha value is -3.15. The van der Waals surface area contributed by atoms with Crippen molar-refractivity contribution >= 4 is 28.7 Å². The van der Waals surface area contributed by atoms with Gasteiger partial charge in [-0.25, -0.2) is 4.98 Å². The summed E-state index contributed by atoms with van der Waals surface area (Å²) in [6.07, 6.45) is 0.0260. The molecule has 0 unspecified atom stereocenters. The summed E-state index contributed by atoms with van der Waals surface area (Å²) < 4.78 is 5.88. The van der Waals surface area contributed by atoms with Gasteiger partial charge in [0.15, 0.2) is 5.58 Å². The Morgan fingerprint density at radius 2 is 2.08 bits per heavy atom. The molecule has 0 saturated carbocycles. The van der Waals surface area contributed by atoms with E-state index in [0.717, 1.165) is 11.1 Å². The van der Waals surface area contributed by atoms with E-state index in [-0.39, 0.29) is 18.9 Å². The quantitative estimate of drug-likeness (QED) is 0.794. The van der Waals surface area contributed by atoms with E-state index in [1.807, 2.05) is 31.2 Å². The molecular weight excluding hydrogens is 320 g/mol. The Bertz CT molecular complexity index is 992. The fraction of sp³-hybridized carbons (Fsp3) is 0.211. The Morgan fingerprint density at radius 3 is 2.80 bits per heavy atom. The van der Waals surface area contributed by atoms with Gasteiger partial charge in [0, 0.05) is 30.3 Å². The Kier molecular flexibility index (Phi) is 3.53. The molecule has 2 heterocycles. The monoisotopic (exact) mass is 336 g/mol. The number of hydrogen-bond acceptors (Lipinski definition) is 4. The van der Waals surface area contributed by atoms with Crippen LogP contribution in [0.3, 0.4) is 0 Å². The number of oxazole rings is 1. The molecule has 0 spiro atoms. The summed E-state index contributed by atoms with van der Waals surface area (Å²) in [6.45, 7) is 2.17. The molecule has 126 valence electrons. The van der Waals surface area contributed by atoms with Crippen LogP contribution in [-0.4, -0.2) is 28.5 Å². The molecule has 1 aromatic heterocycles. The van der Waals surface area contributed by atoms with Crippen molar-refractivity contribution in [2.75, 3.05) is 11.4 Å². The van der Waals surface area contributed by atoms with E-state index in [0.29, 0.717) is 22.7 Å². The molecule has 4 rings (SSSR count). The summed E-state index contributed by atoms with van der Waals surface area (Å²) >= 11 is 0. The number of carbonyl (C=O) groups is 2.